The van der Waals surface area contributed by atoms with E-state index in [0.717, 1.165) is 57.9 Å². The van der Waals surface area contributed by atoms with Crippen molar-refractivity contribution in [3.8, 4) is 0 Å². The highest BCUT2D eigenvalue weighted by Crippen LogP contribution is 2.26. The number of amides is 1. The van der Waals surface area contributed by atoms with Crippen LogP contribution in [0.15, 0.2) is 48.5 Å². The summed E-state index contributed by atoms with van der Waals surface area (Å²) in [5.41, 5.74) is 4.71. The van der Waals surface area contributed by atoms with Crippen molar-refractivity contribution in [3.05, 3.63) is 54.1 Å². The molecular weight excluding hydrogens is 338 g/mol. The summed E-state index contributed by atoms with van der Waals surface area (Å²) in [6.07, 6.45) is 2.79. The van der Waals surface area contributed by atoms with Gasteiger partial charge in [-0.25, -0.2) is 0 Å². The van der Waals surface area contributed by atoms with E-state index < -0.39 is 0 Å². The molecule has 2 aliphatic heterocycles. The average Bonchev–Trinajstić information content (AvgIpc) is 2.73. The van der Waals surface area contributed by atoms with Crippen molar-refractivity contribution < 1.29 is 9.53 Å². The first-order chi connectivity index (χ1) is 13.3. The molecule has 2 aromatic carbocycles. The smallest absolute Gasteiger partial charge is 0.226 e. The zero-order valence-electron chi connectivity index (χ0n) is 15.7. The molecule has 2 aliphatic rings. The lowest BCUT2D eigenvalue weighted by Crippen LogP contribution is -2.36. The van der Waals surface area contributed by atoms with Gasteiger partial charge in [-0.2, -0.15) is 0 Å². The summed E-state index contributed by atoms with van der Waals surface area (Å²) in [4.78, 5) is 17.0. The second-order valence-electron chi connectivity index (χ2n) is 7.16. The third-order valence-corrected chi connectivity index (χ3v) is 5.34. The van der Waals surface area contributed by atoms with Crippen LogP contribution in [-0.4, -0.2) is 45.3 Å². The standard InChI is InChI=1S/C22H27N3O2/c26-22(11-13-25-12-3-5-18-4-1-2-6-21(18)25)23-19-7-9-20(10-8-19)24-14-16-27-17-15-24/h1-2,4,6-10H,3,5,11-17H2,(H,23,26). The van der Waals surface area contributed by atoms with Gasteiger partial charge in [0.1, 0.15) is 0 Å². The molecule has 0 radical (unpaired) electrons. The first-order valence-electron chi connectivity index (χ1n) is 9.85. The van der Waals surface area contributed by atoms with Crippen molar-refractivity contribution in [2.24, 2.45) is 0 Å². The van der Waals surface area contributed by atoms with E-state index in [1.807, 2.05) is 12.1 Å². The molecule has 4 rings (SSSR count). The largest absolute Gasteiger partial charge is 0.378 e. The van der Waals surface area contributed by atoms with Crippen LogP contribution in [0.5, 0.6) is 0 Å². The molecule has 1 saturated heterocycles. The summed E-state index contributed by atoms with van der Waals surface area (Å²) in [7, 11) is 0. The SMILES string of the molecule is O=C(CCN1CCCc2ccccc21)Nc1ccc(N2CCOCC2)cc1. The highest BCUT2D eigenvalue weighted by molar-refractivity contribution is 5.91. The van der Waals surface area contributed by atoms with Crippen LogP contribution >= 0.6 is 0 Å². The van der Waals surface area contributed by atoms with Crippen LogP contribution in [0.3, 0.4) is 0 Å². The van der Waals surface area contributed by atoms with E-state index in [4.69, 9.17) is 4.74 Å². The lowest BCUT2D eigenvalue weighted by atomic mass is 10.0. The molecule has 27 heavy (non-hydrogen) atoms. The molecule has 0 aromatic heterocycles. The Labute approximate surface area is 160 Å². The maximum atomic E-state index is 12.4. The number of morpholine rings is 1. The van der Waals surface area contributed by atoms with Gasteiger partial charge in [0.15, 0.2) is 0 Å². The Morgan fingerprint density at radius 2 is 1.78 bits per heavy atom. The Balaban J connectivity index is 1.30. The number of nitrogens with zero attached hydrogens (tertiary/aromatic N) is 2. The summed E-state index contributed by atoms with van der Waals surface area (Å²) in [6.45, 7) is 5.18. The van der Waals surface area contributed by atoms with Crippen molar-refractivity contribution >= 4 is 23.0 Å². The van der Waals surface area contributed by atoms with Gasteiger partial charge in [0.05, 0.1) is 13.2 Å². The number of carbonyl (C=O) groups excluding carboxylic acids is 1. The Morgan fingerprint density at radius 1 is 1.00 bits per heavy atom. The molecule has 1 N–H and O–H groups in total. The van der Waals surface area contributed by atoms with Gasteiger partial charge in [0.25, 0.3) is 0 Å². The van der Waals surface area contributed by atoms with Gasteiger partial charge in [-0.3, -0.25) is 4.79 Å². The van der Waals surface area contributed by atoms with Crippen molar-refractivity contribution in [3.63, 3.8) is 0 Å². The van der Waals surface area contributed by atoms with Crippen molar-refractivity contribution in [1.82, 2.24) is 0 Å². The predicted octanol–water partition coefficient (Wildman–Crippen LogP) is 3.30. The fourth-order valence-electron chi connectivity index (χ4n) is 3.88. The fraction of sp³-hybridized carbons (Fsp3) is 0.409. The second-order valence-corrected chi connectivity index (χ2v) is 7.16. The zero-order valence-corrected chi connectivity index (χ0v) is 15.7. The first kappa shape index (κ1) is 17.9. The number of anilines is 3. The molecule has 0 bridgehead atoms. The first-order valence-corrected chi connectivity index (χ1v) is 9.85. The van der Waals surface area contributed by atoms with E-state index in [0.29, 0.717) is 6.42 Å². The van der Waals surface area contributed by atoms with Crippen LogP contribution in [0, 0.1) is 0 Å². The van der Waals surface area contributed by atoms with E-state index in [1.54, 1.807) is 0 Å². The molecule has 5 heteroatoms. The lowest BCUT2D eigenvalue weighted by molar-refractivity contribution is -0.116. The highest BCUT2D eigenvalue weighted by atomic mass is 16.5. The number of carbonyl (C=O) groups is 1. The third-order valence-electron chi connectivity index (χ3n) is 5.34. The molecular formula is C22H27N3O2. The summed E-state index contributed by atoms with van der Waals surface area (Å²) in [5.74, 6) is 0.0668. The molecule has 0 saturated carbocycles. The molecule has 0 unspecified atom stereocenters. The maximum absolute atomic E-state index is 12.4. The van der Waals surface area contributed by atoms with E-state index in [1.165, 1.54) is 16.9 Å². The summed E-state index contributed by atoms with van der Waals surface area (Å²) in [5, 5.41) is 3.03. The van der Waals surface area contributed by atoms with Gasteiger partial charge in [-0.1, -0.05) is 18.2 Å². The van der Waals surface area contributed by atoms with Gasteiger partial charge in [0.2, 0.25) is 5.91 Å². The highest BCUT2D eigenvalue weighted by Gasteiger charge is 2.17. The number of fused-ring (bicyclic) bond motifs is 1. The summed E-state index contributed by atoms with van der Waals surface area (Å²) >= 11 is 0. The Morgan fingerprint density at radius 3 is 2.59 bits per heavy atom. The molecule has 142 valence electrons. The van der Waals surface area contributed by atoms with Crippen LogP contribution in [0.25, 0.3) is 0 Å². The van der Waals surface area contributed by atoms with E-state index in [2.05, 4.69) is 51.5 Å². The van der Waals surface area contributed by atoms with Crippen molar-refractivity contribution in [2.45, 2.75) is 19.3 Å². The van der Waals surface area contributed by atoms with Crippen LogP contribution in [0.1, 0.15) is 18.4 Å². The predicted molar refractivity (Wildman–Crippen MR) is 110 cm³/mol. The number of para-hydroxylation sites is 1. The third kappa shape index (κ3) is 4.42. The maximum Gasteiger partial charge on any atom is 0.226 e. The van der Waals surface area contributed by atoms with Crippen molar-refractivity contribution in [1.29, 1.82) is 0 Å². The number of hydrogen-bond acceptors (Lipinski definition) is 4. The quantitative estimate of drug-likeness (QED) is 0.883. The second kappa shape index (κ2) is 8.44. The van der Waals surface area contributed by atoms with Gasteiger partial charge in [0, 0.05) is 49.7 Å². The monoisotopic (exact) mass is 365 g/mol. The van der Waals surface area contributed by atoms with E-state index in [-0.39, 0.29) is 5.91 Å². The molecule has 0 spiro atoms. The Bertz CT molecular complexity index is 769. The minimum absolute atomic E-state index is 0.0668. The van der Waals surface area contributed by atoms with Crippen LogP contribution in [0.4, 0.5) is 17.1 Å². The number of nitrogens with one attached hydrogen (secondary N) is 1. The van der Waals surface area contributed by atoms with Crippen molar-refractivity contribution in [2.75, 3.05) is 54.5 Å². The molecule has 5 nitrogen and oxygen atoms in total. The van der Waals surface area contributed by atoms with Crippen LogP contribution in [0.2, 0.25) is 0 Å². The Kier molecular flexibility index (Phi) is 5.58. The van der Waals surface area contributed by atoms with Crippen LogP contribution in [-0.2, 0) is 16.0 Å². The molecule has 2 heterocycles. The molecule has 0 aliphatic carbocycles. The van der Waals surface area contributed by atoms with E-state index in [9.17, 15) is 4.79 Å². The number of ether oxygens (including phenoxy) is 1. The van der Waals surface area contributed by atoms with Crippen LogP contribution < -0.4 is 15.1 Å². The summed E-state index contributed by atoms with van der Waals surface area (Å²) < 4.78 is 5.39. The minimum atomic E-state index is 0.0668. The zero-order chi connectivity index (χ0) is 18.5. The fourth-order valence-corrected chi connectivity index (χ4v) is 3.88. The average molecular weight is 365 g/mol. The molecule has 0 atom stereocenters. The normalized spacial score (nSPS) is 16.7. The number of hydrogen-bond donors (Lipinski definition) is 1. The number of benzene rings is 2. The number of rotatable bonds is 5. The molecule has 1 amide bonds. The van der Waals surface area contributed by atoms with Gasteiger partial charge >= 0.3 is 0 Å². The Hall–Kier alpha value is -2.53. The lowest BCUT2D eigenvalue weighted by Gasteiger charge is -2.31. The molecule has 1 fully saturated rings. The minimum Gasteiger partial charge on any atom is -0.378 e. The van der Waals surface area contributed by atoms with Gasteiger partial charge in [-0.15, -0.1) is 0 Å². The summed E-state index contributed by atoms with van der Waals surface area (Å²) in [6, 6.07) is 16.6. The molecule has 2 aromatic rings. The topological polar surface area (TPSA) is 44.8 Å². The van der Waals surface area contributed by atoms with Gasteiger partial charge in [-0.05, 0) is 48.7 Å². The van der Waals surface area contributed by atoms with Gasteiger partial charge < -0.3 is 19.9 Å². The van der Waals surface area contributed by atoms with E-state index >= 15 is 0 Å². The number of aryl methyl sites for hydroxylation is 1.